The van der Waals surface area contributed by atoms with Crippen molar-refractivity contribution in [2.75, 3.05) is 26.5 Å². The molecule has 0 aliphatic carbocycles. The van der Waals surface area contributed by atoms with Crippen molar-refractivity contribution in [1.29, 1.82) is 0 Å². The van der Waals surface area contributed by atoms with Gasteiger partial charge in [0.05, 0.1) is 5.56 Å². The fourth-order valence-electron chi connectivity index (χ4n) is 2.39. The molecule has 0 aliphatic rings. The Morgan fingerprint density at radius 2 is 1.89 bits per heavy atom. The number of halogens is 3. The van der Waals surface area contributed by atoms with Crippen LogP contribution in [0.5, 0.6) is 5.88 Å². The van der Waals surface area contributed by atoms with Crippen LogP contribution in [0.15, 0.2) is 41.6 Å². The lowest BCUT2D eigenvalue weighted by molar-refractivity contribution is -0.137. The van der Waals surface area contributed by atoms with Crippen molar-refractivity contribution in [3.05, 3.63) is 53.1 Å². The monoisotopic (exact) mass is 396 g/mol. The maximum absolute atomic E-state index is 13.0. The van der Waals surface area contributed by atoms with Crippen molar-refractivity contribution in [2.45, 2.75) is 12.8 Å². The summed E-state index contributed by atoms with van der Waals surface area (Å²) in [6.07, 6.45) is -4.53. The Hall–Kier alpha value is -3.30. The summed E-state index contributed by atoms with van der Waals surface area (Å²) in [6.45, 7) is -0.0442. The number of nitrogens with one attached hydrogen (secondary N) is 2. The molecule has 0 aliphatic heterocycles. The first kappa shape index (κ1) is 21.0. The van der Waals surface area contributed by atoms with E-state index in [1.165, 1.54) is 21.2 Å². The molecule has 1 aromatic heterocycles. The van der Waals surface area contributed by atoms with Crippen molar-refractivity contribution in [1.82, 2.24) is 10.3 Å². The van der Waals surface area contributed by atoms with Crippen LogP contribution >= 0.6 is 0 Å². The Morgan fingerprint density at radius 3 is 2.50 bits per heavy atom. The summed E-state index contributed by atoms with van der Waals surface area (Å²) in [5, 5.41) is 8.62. The highest BCUT2D eigenvalue weighted by Crippen LogP contribution is 2.34. The number of benzene rings is 1. The minimum atomic E-state index is -4.53. The zero-order valence-electron chi connectivity index (χ0n) is 15.4. The summed E-state index contributed by atoms with van der Waals surface area (Å²) in [5.74, 6) is -0.804. The molecule has 0 spiro atoms. The lowest BCUT2D eigenvalue weighted by Gasteiger charge is -2.14. The average molecular weight is 396 g/mol. The minimum absolute atomic E-state index is 0.00248. The van der Waals surface area contributed by atoms with Gasteiger partial charge >= 0.3 is 6.18 Å². The molecule has 0 saturated heterocycles. The number of likely N-dealkylation sites (N-methyl/N-ethyl adjacent to an activating group) is 1. The number of hydrogen-bond donors (Lipinski definition) is 2. The largest absolute Gasteiger partial charge is 0.473 e. The van der Waals surface area contributed by atoms with Gasteiger partial charge < -0.3 is 20.2 Å². The third-order valence-corrected chi connectivity index (χ3v) is 3.68. The standard InChI is InChI=1S/C18H19F3N4O3/c1-22-16-13(18(19,20)21)8-9-14(24-16)28-10-11-6-4-5-7-12(11)15(25-27-3)17(26)23-2/h4-9H,10H2,1-3H3,(H,22,24)(H,23,26). The molecule has 2 aromatic rings. The molecule has 1 aromatic carbocycles. The van der Waals surface area contributed by atoms with Gasteiger partial charge in [-0.15, -0.1) is 0 Å². The Kier molecular flexibility index (Phi) is 6.80. The highest BCUT2D eigenvalue weighted by Gasteiger charge is 2.34. The van der Waals surface area contributed by atoms with Crippen LogP contribution in [0.1, 0.15) is 16.7 Å². The van der Waals surface area contributed by atoms with Crippen LogP contribution in [0.25, 0.3) is 0 Å². The fraction of sp³-hybridized carbons (Fsp3) is 0.278. The lowest BCUT2D eigenvalue weighted by atomic mass is 10.0. The second-order valence-corrected chi connectivity index (χ2v) is 5.44. The Bertz CT molecular complexity index is 869. The molecule has 0 unspecified atom stereocenters. The molecule has 2 rings (SSSR count). The number of alkyl halides is 3. The molecule has 10 heteroatoms. The lowest BCUT2D eigenvalue weighted by Crippen LogP contribution is -2.29. The van der Waals surface area contributed by atoms with Gasteiger partial charge in [-0.2, -0.15) is 18.2 Å². The van der Waals surface area contributed by atoms with Gasteiger partial charge in [0.1, 0.15) is 19.5 Å². The maximum Gasteiger partial charge on any atom is 0.419 e. The van der Waals surface area contributed by atoms with Gasteiger partial charge in [-0.05, 0) is 11.6 Å². The number of anilines is 1. The number of amides is 1. The topological polar surface area (TPSA) is 84.8 Å². The van der Waals surface area contributed by atoms with Crippen LogP contribution in [0.4, 0.5) is 19.0 Å². The van der Waals surface area contributed by atoms with Crippen LogP contribution in [0.3, 0.4) is 0 Å². The summed E-state index contributed by atoms with van der Waals surface area (Å²) < 4.78 is 44.4. The highest BCUT2D eigenvalue weighted by molar-refractivity contribution is 6.45. The molecule has 28 heavy (non-hydrogen) atoms. The third-order valence-electron chi connectivity index (χ3n) is 3.68. The average Bonchev–Trinajstić information content (AvgIpc) is 2.69. The predicted octanol–water partition coefficient (Wildman–Crippen LogP) is 2.82. The van der Waals surface area contributed by atoms with E-state index in [0.717, 1.165) is 12.1 Å². The van der Waals surface area contributed by atoms with E-state index in [1.807, 2.05) is 0 Å². The van der Waals surface area contributed by atoms with Crippen molar-refractivity contribution in [2.24, 2.45) is 5.16 Å². The zero-order valence-corrected chi connectivity index (χ0v) is 15.4. The molecule has 0 bridgehead atoms. The summed E-state index contributed by atoms with van der Waals surface area (Å²) in [6, 6.07) is 8.83. The van der Waals surface area contributed by atoms with Crippen LogP contribution in [0, 0.1) is 0 Å². The Balaban J connectivity index is 2.29. The zero-order chi connectivity index (χ0) is 20.7. The molecular formula is C18H19F3N4O3. The van der Waals surface area contributed by atoms with E-state index >= 15 is 0 Å². The van der Waals surface area contributed by atoms with Crippen molar-refractivity contribution >= 4 is 17.4 Å². The number of pyridine rings is 1. The quantitative estimate of drug-likeness (QED) is 0.555. The van der Waals surface area contributed by atoms with E-state index < -0.39 is 17.6 Å². The molecule has 0 fully saturated rings. The molecular weight excluding hydrogens is 377 g/mol. The summed E-state index contributed by atoms with van der Waals surface area (Å²) >= 11 is 0. The number of hydrogen-bond acceptors (Lipinski definition) is 6. The van der Waals surface area contributed by atoms with E-state index in [0.29, 0.717) is 11.1 Å². The number of oxime groups is 1. The van der Waals surface area contributed by atoms with Crippen LogP contribution in [-0.2, 0) is 22.4 Å². The first-order valence-electron chi connectivity index (χ1n) is 8.12. The number of carbonyl (C=O) groups excluding carboxylic acids is 1. The van der Waals surface area contributed by atoms with Gasteiger partial charge in [-0.1, -0.05) is 29.4 Å². The minimum Gasteiger partial charge on any atom is -0.473 e. The van der Waals surface area contributed by atoms with Gasteiger partial charge in [-0.3, -0.25) is 4.79 Å². The van der Waals surface area contributed by atoms with Crippen molar-refractivity contribution in [3.8, 4) is 5.88 Å². The molecule has 1 amide bonds. The van der Waals surface area contributed by atoms with Gasteiger partial charge in [-0.25, -0.2) is 0 Å². The van der Waals surface area contributed by atoms with Gasteiger partial charge in [0.25, 0.3) is 5.91 Å². The second kappa shape index (κ2) is 9.07. The number of aromatic nitrogens is 1. The maximum atomic E-state index is 13.0. The smallest absolute Gasteiger partial charge is 0.419 e. The SMILES string of the molecule is CNC(=O)C(=NOC)c1ccccc1COc1ccc(C(F)(F)F)c(NC)n1. The van der Waals surface area contributed by atoms with E-state index in [1.54, 1.807) is 24.3 Å². The van der Waals surface area contributed by atoms with Gasteiger partial charge in [0.2, 0.25) is 5.88 Å². The molecule has 0 atom stereocenters. The number of nitrogens with zero attached hydrogens (tertiary/aromatic N) is 2. The van der Waals surface area contributed by atoms with Gasteiger partial charge in [0.15, 0.2) is 5.71 Å². The van der Waals surface area contributed by atoms with Crippen molar-refractivity contribution < 1.29 is 27.5 Å². The van der Waals surface area contributed by atoms with E-state index in [2.05, 4.69) is 20.8 Å². The third kappa shape index (κ3) is 4.90. The van der Waals surface area contributed by atoms with Crippen LogP contribution < -0.4 is 15.4 Å². The first-order valence-corrected chi connectivity index (χ1v) is 8.12. The van der Waals surface area contributed by atoms with Crippen LogP contribution in [-0.4, -0.2) is 37.8 Å². The number of rotatable bonds is 7. The summed E-state index contributed by atoms with van der Waals surface area (Å²) in [5.41, 5.74) is 0.191. The fourth-order valence-corrected chi connectivity index (χ4v) is 2.39. The number of carbonyl (C=O) groups is 1. The molecule has 0 saturated carbocycles. The normalized spacial score (nSPS) is 11.7. The van der Waals surface area contributed by atoms with Crippen LogP contribution in [0.2, 0.25) is 0 Å². The second-order valence-electron chi connectivity index (χ2n) is 5.44. The van der Waals surface area contributed by atoms with E-state index in [-0.39, 0.29) is 24.0 Å². The first-order chi connectivity index (χ1) is 13.3. The highest BCUT2D eigenvalue weighted by atomic mass is 19.4. The molecule has 0 radical (unpaired) electrons. The van der Waals surface area contributed by atoms with Gasteiger partial charge in [0, 0.05) is 25.7 Å². The number of ether oxygens (including phenoxy) is 1. The Labute approximate surface area is 159 Å². The van der Waals surface area contributed by atoms with Crippen molar-refractivity contribution in [3.63, 3.8) is 0 Å². The Morgan fingerprint density at radius 1 is 1.18 bits per heavy atom. The predicted molar refractivity (Wildman–Crippen MR) is 97.2 cm³/mol. The molecule has 1 heterocycles. The molecule has 2 N–H and O–H groups in total. The molecule has 7 nitrogen and oxygen atoms in total. The molecule has 150 valence electrons. The summed E-state index contributed by atoms with van der Waals surface area (Å²) in [4.78, 5) is 20.6. The summed E-state index contributed by atoms with van der Waals surface area (Å²) in [7, 11) is 4.11. The van der Waals surface area contributed by atoms with E-state index in [4.69, 9.17) is 9.57 Å². The van der Waals surface area contributed by atoms with E-state index in [9.17, 15) is 18.0 Å².